The molecule has 7 nitrogen and oxygen atoms in total. The van der Waals surface area contributed by atoms with E-state index in [2.05, 4.69) is 15.2 Å². The van der Waals surface area contributed by atoms with Gasteiger partial charge < -0.3 is 19.9 Å². The van der Waals surface area contributed by atoms with E-state index in [0.29, 0.717) is 18.1 Å². The molecule has 0 bridgehead atoms. The van der Waals surface area contributed by atoms with Crippen molar-refractivity contribution in [3.8, 4) is 17.2 Å². The molecule has 2 aliphatic rings. The molecule has 0 unspecified atom stereocenters. The summed E-state index contributed by atoms with van der Waals surface area (Å²) in [6.07, 6.45) is 4.92. The molecule has 7 heteroatoms. The summed E-state index contributed by atoms with van der Waals surface area (Å²) in [5.41, 5.74) is 3.30. The van der Waals surface area contributed by atoms with Crippen molar-refractivity contribution in [2.45, 2.75) is 31.4 Å². The Balaban J connectivity index is 1.33. The number of hydrogen-bond acceptors (Lipinski definition) is 6. The first-order valence-corrected chi connectivity index (χ1v) is 11.1. The van der Waals surface area contributed by atoms with E-state index in [1.165, 1.54) is 0 Å². The van der Waals surface area contributed by atoms with Crippen LogP contribution in [0.25, 0.3) is 0 Å². The highest BCUT2D eigenvalue weighted by Crippen LogP contribution is 2.49. The zero-order valence-electron chi connectivity index (χ0n) is 18.6. The molecule has 1 amide bonds. The molecule has 0 radical (unpaired) electrons. The zero-order valence-corrected chi connectivity index (χ0v) is 18.6. The number of nitrogens with zero attached hydrogens (tertiary/aromatic N) is 2. The Labute approximate surface area is 193 Å². The molecule has 1 aromatic heterocycles. The van der Waals surface area contributed by atoms with Crippen LogP contribution in [0.5, 0.6) is 17.2 Å². The molecule has 2 aromatic carbocycles. The molecule has 2 N–H and O–H groups in total. The summed E-state index contributed by atoms with van der Waals surface area (Å²) < 4.78 is 11.6. The number of ether oxygens (including phenoxy) is 2. The lowest BCUT2D eigenvalue weighted by atomic mass is 9.73. The number of carbonyl (C=O) groups excluding carboxylic acids is 1. The molecule has 0 atom stereocenters. The maximum Gasteiger partial charge on any atom is 0.235 e. The predicted octanol–water partition coefficient (Wildman–Crippen LogP) is 3.86. The van der Waals surface area contributed by atoms with E-state index in [1.807, 2.05) is 36.4 Å². The number of methoxy groups -OCH3 is 1. The van der Waals surface area contributed by atoms with Gasteiger partial charge in [0.1, 0.15) is 12.4 Å². The van der Waals surface area contributed by atoms with Crippen LogP contribution in [0.2, 0.25) is 0 Å². The minimum Gasteiger partial charge on any atom is -0.508 e. The minimum absolute atomic E-state index is 0.0443. The van der Waals surface area contributed by atoms with Gasteiger partial charge in [-0.25, -0.2) is 0 Å². The number of rotatable bonds is 6. The number of phenolic OH excluding ortho intramolecular Hbond substituents is 1. The number of likely N-dealkylation sites (tertiary alicyclic amines) is 1. The lowest BCUT2D eigenvalue weighted by molar-refractivity contribution is -0.122. The Kier molecular flexibility index (Phi) is 5.64. The molecule has 1 saturated heterocycles. The summed E-state index contributed by atoms with van der Waals surface area (Å²) in [7, 11) is 1.62. The van der Waals surface area contributed by atoms with Crippen molar-refractivity contribution in [3.05, 3.63) is 77.6 Å². The van der Waals surface area contributed by atoms with E-state index in [1.54, 1.807) is 31.6 Å². The molecule has 5 rings (SSSR count). The van der Waals surface area contributed by atoms with Crippen LogP contribution in [-0.4, -0.2) is 41.1 Å². The van der Waals surface area contributed by atoms with Crippen molar-refractivity contribution in [1.82, 2.24) is 9.88 Å². The van der Waals surface area contributed by atoms with Crippen LogP contribution in [-0.2, 0) is 23.4 Å². The van der Waals surface area contributed by atoms with Gasteiger partial charge in [-0.15, -0.1) is 0 Å². The van der Waals surface area contributed by atoms with Crippen molar-refractivity contribution < 1.29 is 19.4 Å². The van der Waals surface area contributed by atoms with Crippen molar-refractivity contribution in [1.29, 1.82) is 0 Å². The smallest absolute Gasteiger partial charge is 0.235 e. The summed E-state index contributed by atoms with van der Waals surface area (Å²) in [6.45, 7) is 2.74. The summed E-state index contributed by atoms with van der Waals surface area (Å²) in [5.74, 6) is 1.55. The number of anilines is 1. The normalized spacial score (nSPS) is 16.9. The average Bonchev–Trinajstić information content (AvgIpc) is 3.09. The average molecular weight is 446 g/mol. The van der Waals surface area contributed by atoms with Crippen LogP contribution in [0.15, 0.2) is 60.9 Å². The predicted molar refractivity (Wildman–Crippen MR) is 124 cm³/mol. The second-order valence-electron chi connectivity index (χ2n) is 8.68. The number of nitrogens with one attached hydrogen (secondary N) is 1. The van der Waals surface area contributed by atoms with Gasteiger partial charge in [-0.3, -0.25) is 14.7 Å². The number of phenols is 1. The van der Waals surface area contributed by atoms with E-state index in [-0.39, 0.29) is 11.7 Å². The fourth-order valence-electron chi connectivity index (χ4n) is 4.84. The van der Waals surface area contributed by atoms with Gasteiger partial charge in [-0.1, -0.05) is 12.1 Å². The maximum atomic E-state index is 13.2. The van der Waals surface area contributed by atoms with E-state index >= 15 is 0 Å². The molecule has 1 fully saturated rings. The van der Waals surface area contributed by atoms with Crippen molar-refractivity contribution in [2.24, 2.45) is 0 Å². The largest absolute Gasteiger partial charge is 0.508 e. The highest BCUT2D eigenvalue weighted by molar-refractivity contribution is 6.06. The number of pyridine rings is 1. The molecular weight excluding hydrogens is 418 g/mol. The SMILES string of the molecule is COc1cc2c(cc1OCc1ccncc1)NC(=O)C21CCN(Cc2cccc(O)c2)CC1. The number of aromatic nitrogens is 1. The van der Waals surface area contributed by atoms with Crippen LogP contribution in [0, 0.1) is 0 Å². The third-order valence-electron chi connectivity index (χ3n) is 6.67. The Morgan fingerprint density at radius 1 is 1.06 bits per heavy atom. The topological polar surface area (TPSA) is 83.9 Å². The van der Waals surface area contributed by atoms with Gasteiger partial charge in [-0.05, 0) is 73.0 Å². The number of aromatic hydroxyl groups is 1. The molecule has 3 aromatic rings. The second kappa shape index (κ2) is 8.75. The second-order valence-corrected chi connectivity index (χ2v) is 8.68. The molecule has 170 valence electrons. The van der Waals surface area contributed by atoms with Crippen molar-refractivity contribution in [3.63, 3.8) is 0 Å². The molecular formula is C26H27N3O4. The number of piperidine rings is 1. The Morgan fingerprint density at radius 2 is 1.85 bits per heavy atom. The van der Waals surface area contributed by atoms with Gasteiger partial charge in [0.05, 0.1) is 12.5 Å². The summed E-state index contributed by atoms with van der Waals surface area (Å²) in [6, 6.07) is 15.0. The van der Waals surface area contributed by atoms with Gasteiger partial charge in [0.2, 0.25) is 5.91 Å². The number of benzene rings is 2. The standard InChI is InChI=1S/C26H27N3O4/c1-32-23-14-21-22(15-24(23)33-17-18-5-9-27-10-6-18)28-25(31)26(21)7-11-29(12-8-26)16-19-3-2-4-20(30)13-19/h2-6,9-10,13-15,30H,7-8,11-12,16-17H2,1H3,(H,28,31). The van der Waals surface area contributed by atoms with E-state index in [0.717, 1.165) is 54.9 Å². The Morgan fingerprint density at radius 3 is 2.58 bits per heavy atom. The number of carbonyl (C=O) groups is 1. The third kappa shape index (κ3) is 4.12. The van der Waals surface area contributed by atoms with Crippen LogP contribution in [0.1, 0.15) is 29.5 Å². The van der Waals surface area contributed by atoms with E-state index < -0.39 is 5.41 Å². The molecule has 0 saturated carbocycles. The monoisotopic (exact) mass is 445 g/mol. The number of fused-ring (bicyclic) bond motifs is 2. The molecule has 3 heterocycles. The number of hydrogen-bond donors (Lipinski definition) is 2. The summed E-state index contributed by atoms with van der Waals surface area (Å²) in [5, 5.41) is 12.8. The first-order valence-electron chi connectivity index (χ1n) is 11.1. The fourth-order valence-corrected chi connectivity index (χ4v) is 4.84. The van der Waals surface area contributed by atoms with Crippen molar-refractivity contribution >= 4 is 11.6 Å². The molecule has 1 spiro atoms. The van der Waals surface area contributed by atoms with Gasteiger partial charge in [0.25, 0.3) is 0 Å². The lowest BCUT2D eigenvalue weighted by Crippen LogP contribution is -2.46. The zero-order chi connectivity index (χ0) is 22.8. The molecule has 0 aliphatic carbocycles. The summed E-state index contributed by atoms with van der Waals surface area (Å²) in [4.78, 5) is 19.5. The molecule has 33 heavy (non-hydrogen) atoms. The number of amides is 1. The lowest BCUT2D eigenvalue weighted by Gasteiger charge is -2.38. The summed E-state index contributed by atoms with van der Waals surface area (Å²) >= 11 is 0. The van der Waals surface area contributed by atoms with Crippen molar-refractivity contribution in [2.75, 3.05) is 25.5 Å². The quantitative estimate of drug-likeness (QED) is 0.600. The first-order chi connectivity index (χ1) is 16.1. The van der Waals surface area contributed by atoms with Gasteiger partial charge in [0.15, 0.2) is 11.5 Å². The van der Waals surface area contributed by atoms with Crippen LogP contribution in [0.4, 0.5) is 5.69 Å². The van der Waals surface area contributed by atoms with Crippen LogP contribution >= 0.6 is 0 Å². The minimum atomic E-state index is -0.554. The van der Waals surface area contributed by atoms with Gasteiger partial charge in [0, 0.05) is 30.7 Å². The highest BCUT2D eigenvalue weighted by Gasteiger charge is 2.49. The van der Waals surface area contributed by atoms with E-state index in [9.17, 15) is 9.90 Å². The third-order valence-corrected chi connectivity index (χ3v) is 6.67. The fraction of sp³-hybridized carbons (Fsp3) is 0.308. The Hall–Kier alpha value is -3.58. The molecule has 2 aliphatic heterocycles. The highest BCUT2D eigenvalue weighted by atomic mass is 16.5. The van der Waals surface area contributed by atoms with E-state index in [4.69, 9.17) is 9.47 Å². The van der Waals surface area contributed by atoms with Gasteiger partial charge >= 0.3 is 0 Å². The van der Waals surface area contributed by atoms with Crippen LogP contribution in [0.3, 0.4) is 0 Å². The Bertz CT molecular complexity index is 1160. The first kappa shape index (κ1) is 21.3. The van der Waals surface area contributed by atoms with Gasteiger partial charge in [-0.2, -0.15) is 0 Å². The maximum absolute atomic E-state index is 13.2. The van der Waals surface area contributed by atoms with Crippen LogP contribution < -0.4 is 14.8 Å².